The first-order valence-corrected chi connectivity index (χ1v) is 9.95. The Morgan fingerprint density at radius 1 is 1.15 bits per heavy atom. The molecule has 0 fully saturated rings. The zero-order valence-corrected chi connectivity index (χ0v) is 15.6. The van der Waals surface area contributed by atoms with E-state index in [1.54, 1.807) is 0 Å². The first-order valence-electron chi connectivity index (χ1n) is 8.06. The molecule has 0 unspecified atom stereocenters. The maximum Gasteiger partial charge on any atom is 0.251 e. The molecule has 0 aliphatic rings. The summed E-state index contributed by atoms with van der Waals surface area (Å²) < 4.78 is 29.9. The van der Waals surface area contributed by atoms with Gasteiger partial charge in [0.05, 0.1) is 12.8 Å². The Bertz CT molecular complexity index is 1060. The van der Waals surface area contributed by atoms with Crippen LogP contribution in [-0.2, 0) is 16.6 Å². The van der Waals surface area contributed by atoms with Gasteiger partial charge in [0.15, 0.2) is 0 Å². The molecule has 1 amide bonds. The fourth-order valence-corrected chi connectivity index (χ4v) is 2.95. The number of aryl methyl sites for hydroxylation is 1. The van der Waals surface area contributed by atoms with Gasteiger partial charge in [0.2, 0.25) is 21.7 Å². The Kier molecular flexibility index (Phi) is 5.22. The number of carbonyl (C=O) groups excluding carboxylic acids is 1. The normalized spacial score (nSPS) is 11.2. The lowest BCUT2D eigenvalue weighted by atomic mass is 10.1. The van der Waals surface area contributed by atoms with Crippen molar-refractivity contribution in [2.45, 2.75) is 13.5 Å². The topological polar surface area (TPSA) is 114 Å². The molecule has 8 nitrogen and oxygen atoms in total. The minimum absolute atomic E-state index is 0.0843. The van der Waals surface area contributed by atoms with Crippen molar-refractivity contribution in [3.05, 3.63) is 65.5 Å². The van der Waals surface area contributed by atoms with Crippen LogP contribution >= 0.6 is 0 Å². The smallest absolute Gasteiger partial charge is 0.251 e. The van der Waals surface area contributed by atoms with Crippen molar-refractivity contribution in [3.63, 3.8) is 0 Å². The third-order valence-corrected chi connectivity index (χ3v) is 4.20. The second-order valence-corrected chi connectivity index (χ2v) is 7.76. The second-order valence-electron chi connectivity index (χ2n) is 6.02. The highest BCUT2D eigenvalue weighted by atomic mass is 32.2. The van der Waals surface area contributed by atoms with Gasteiger partial charge in [-0.05, 0) is 37.3 Å². The standard InChI is InChI=1S/C18H18N4O4S/c1-12-4-3-5-14(10-12)17-20-16(26-21-17)11-19-18(23)13-6-8-15(9-7-13)22-27(2,24)25/h3-10,22H,11H2,1-2H3,(H,19,23). The van der Waals surface area contributed by atoms with Crippen molar-refractivity contribution in [2.75, 3.05) is 11.0 Å². The summed E-state index contributed by atoms with van der Waals surface area (Å²) in [5.74, 6) is 0.408. The van der Waals surface area contributed by atoms with Crippen LogP contribution in [0.1, 0.15) is 21.8 Å². The molecular weight excluding hydrogens is 368 g/mol. The third kappa shape index (κ3) is 5.14. The molecule has 3 aromatic rings. The van der Waals surface area contributed by atoms with E-state index in [1.807, 2.05) is 31.2 Å². The number of hydrogen-bond donors (Lipinski definition) is 2. The first kappa shape index (κ1) is 18.6. The van der Waals surface area contributed by atoms with Crippen LogP contribution in [0, 0.1) is 6.92 Å². The van der Waals surface area contributed by atoms with E-state index in [9.17, 15) is 13.2 Å². The Labute approximate surface area is 156 Å². The van der Waals surface area contributed by atoms with Gasteiger partial charge in [0.1, 0.15) is 0 Å². The van der Waals surface area contributed by atoms with Crippen LogP contribution < -0.4 is 10.0 Å². The van der Waals surface area contributed by atoms with E-state index in [1.165, 1.54) is 24.3 Å². The molecule has 140 valence electrons. The summed E-state index contributed by atoms with van der Waals surface area (Å²) in [6.07, 6.45) is 1.06. The van der Waals surface area contributed by atoms with Gasteiger partial charge in [0.25, 0.3) is 5.91 Å². The zero-order chi connectivity index (χ0) is 19.4. The largest absolute Gasteiger partial charge is 0.343 e. The second kappa shape index (κ2) is 7.58. The summed E-state index contributed by atoms with van der Waals surface area (Å²) >= 11 is 0. The van der Waals surface area contributed by atoms with E-state index in [2.05, 4.69) is 20.2 Å². The van der Waals surface area contributed by atoms with E-state index in [0.29, 0.717) is 17.1 Å². The highest BCUT2D eigenvalue weighted by Gasteiger charge is 2.11. The van der Waals surface area contributed by atoms with Crippen molar-refractivity contribution in [1.82, 2.24) is 15.5 Å². The molecule has 1 aromatic heterocycles. The number of nitrogens with one attached hydrogen (secondary N) is 2. The summed E-state index contributed by atoms with van der Waals surface area (Å²) in [5.41, 5.74) is 2.69. The van der Waals surface area contributed by atoms with Crippen LogP contribution in [0.4, 0.5) is 5.69 Å². The number of anilines is 1. The molecule has 0 saturated heterocycles. The van der Waals surface area contributed by atoms with Gasteiger partial charge in [-0.1, -0.05) is 28.9 Å². The highest BCUT2D eigenvalue weighted by molar-refractivity contribution is 7.92. The molecule has 2 aromatic carbocycles. The van der Waals surface area contributed by atoms with Gasteiger partial charge in [0, 0.05) is 16.8 Å². The van der Waals surface area contributed by atoms with Crippen LogP contribution in [0.2, 0.25) is 0 Å². The number of nitrogens with zero attached hydrogens (tertiary/aromatic N) is 2. The van der Waals surface area contributed by atoms with Gasteiger partial charge in [-0.3, -0.25) is 9.52 Å². The van der Waals surface area contributed by atoms with Crippen molar-refractivity contribution in [2.24, 2.45) is 0 Å². The Morgan fingerprint density at radius 3 is 2.56 bits per heavy atom. The van der Waals surface area contributed by atoms with Crippen molar-refractivity contribution in [3.8, 4) is 11.4 Å². The van der Waals surface area contributed by atoms with Crippen molar-refractivity contribution in [1.29, 1.82) is 0 Å². The molecule has 3 rings (SSSR count). The number of carbonyl (C=O) groups is 1. The predicted octanol–water partition coefficient (Wildman–Crippen LogP) is 2.35. The molecule has 0 aliphatic heterocycles. The van der Waals surface area contributed by atoms with Gasteiger partial charge in [-0.15, -0.1) is 0 Å². The Morgan fingerprint density at radius 2 is 1.89 bits per heavy atom. The van der Waals surface area contributed by atoms with E-state index in [4.69, 9.17) is 4.52 Å². The van der Waals surface area contributed by atoms with E-state index in [-0.39, 0.29) is 18.3 Å². The molecule has 9 heteroatoms. The fraction of sp³-hybridized carbons (Fsp3) is 0.167. The average Bonchev–Trinajstić information content (AvgIpc) is 3.08. The lowest BCUT2D eigenvalue weighted by molar-refractivity contribution is 0.0946. The molecule has 0 saturated carbocycles. The Hall–Kier alpha value is -3.20. The van der Waals surface area contributed by atoms with Gasteiger partial charge >= 0.3 is 0 Å². The predicted molar refractivity (Wildman–Crippen MR) is 101 cm³/mol. The average molecular weight is 386 g/mol. The maximum absolute atomic E-state index is 12.2. The zero-order valence-electron chi connectivity index (χ0n) is 14.8. The van der Waals surface area contributed by atoms with Gasteiger partial charge in [-0.2, -0.15) is 4.98 Å². The number of benzene rings is 2. The minimum atomic E-state index is -3.36. The molecule has 0 bridgehead atoms. The number of amides is 1. The number of sulfonamides is 1. The number of aromatic nitrogens is 2. The molecule has 0 atom stereocenters. The van der Waals surface area contributed by atoms with Crippen LogP contribution in [0.5, 0.6) is 0 Å². The molecule has 0 spiro atoms. The molecule has 27 heavy (non-hydrogen) atoms. The lowest BCUT2D eigenvalue weighted by Gasteiger charge is -2.05. The van der Waals surface area contributed by atoms with Crippen molar-refractivity contribution < 1.29 is 17.7 Å². The van der Waals surface area contributed by atoms with Crippen molar-refractivity contribution >= 4 is 21.6 Å². The van der Waals surface area contributed by atoms with Crippen LogP contribution in [0.3, 0.4) is 0 Å². The monoisotopic (exact) mass is 386 g/mol. The molecular formula is C18H18N4O4S. The molecule has 2 N–H and O–H groups in total. The number of hydrogen-bond acceptors (Lipinski definition) is 6. The fourth-order valence-electron chi connectivity index (χ4n) is 2.39. The number of rotatable bonds is 6. The summed E-state index contributed by atoms with van der Waals surface area (Å²) in [6, 6.07) is 13.8. The molecule has 1 heterocycles. The molecule has 0 aliphatic carbocycles. The van der Waals surface area contributed by atoms with Crippen LogP contribution in [0.15, 0.2) is 53.1 Å². The molecule has 0 radical (unpaired) electrons. The van der Waals surface area contributed by atoms with E-state index < -0.39 is 10.0 Å². The van der Waals surface area contributed by atoms with E-state index in [0.717, 1.165) is 17.4 Å². The quantitative estimate of drug-likeness (QED) is 0.672. The summed E-state index contributed by atoms with van der Waals surface area (Å²) in [4.78, 5) is 16.5. The lowest BCUT2D eigenvalue weighted by Crippen LogP contribution is -2.23. The summed E-state index contributed by atoms with van der Waals surface area (Å²) in [6.45, 7) is 2.06. The minimum Gasteiger partial charge on any atom is -0.343 e. The SMILES string of the molecule is Cc1cccc(-c2noc(CNC(=O)c3ccc(NS(C)(=O)=O)cc3)n2)c1. The Balaban J connectivity index is 1.61. The third-order valence-electron chi connectivity index (χ3n) is 3.59. The maximum atomic E-state index is 12.2. The van der Waals surface area contributed by atoms with Gasteiger partial charge in [-0.25, -0.2) is 8.42 Å². The highest BCUT2D eigenvalue weighted by Crippen LogP contribution is 2.17. The van der Waals surface area contributed by atoms with Crippen LogP contribution in [0.25, 0.3) is 11.4 Å². The summed E-state index contributed by atoms with van der Waals surface area (Å²) in [7, 11) is -3.36. The van der Waals surface area contributed by atoms with Gasteiger partial charge < -0.3 is 9.84 Å². The van der Waals surface area contributed by atoms with E-state index >= 15 is 0 Å². The van der Waals surface area contributed by atoms with Crippen LogP contribution in [-0.4, -0.2) is 30.7 Å². The first-order chi connectivity index (χ1) is 12.8. The summed E-state index contributed by atoms with van der Waals surface area (Å²) in [5, 5.41) is 6.61.